The van der Waals surface area contributed by atoms with Gasteiger partial charge in [0.1, 0.15) is 0 Å². The summed E-state index contributed by atoms with van der Waals surface area (Å²) in [5.41, 5.74) is 3.44. The Morgan fingerprint density at radius 3 is 1.35 bits per heavy atom. The first-order chi connectivity index (χ1) is 10.7. The zero-order valence-corrected chi connectivity index (χ0v) is 15.4. The van der Waals surface area contributed by atoms with Crippen LogP contribution in [0.3, 0.4) is 0 Å². The van der Waals surface area contributed by atoms with Gasteiger partial charge in [0.2, 0.25) is 7.14 Å². The molecule has 0 saturated heterocycles. The predicted molar refractivity (Wildman–Crippen MR) is 82.5 cm³/mol. The fourth-order valence-corrected chi connectivity index (χ4v) is 5.03. The molecule has 0 atom stereocenters. The van der Waals surface area contributed by atoms with Crippen LogP contribution in [0.2, 0.25) is 0 Å². The van der Waals surface area contributed by atoms with E-state index in [0.29, 0.717) is 11.1 Å². The summed E-state index contributed by atoms with van der Waals surface area (Å²) in [5.74, 6) is 0. The van der Waals surface area contributed by atoms with Gasteiger partial charge < -0.3 is 0 Å². The van der Waals surface area contributed by atoms with Crippen LogP contribution >= 0.6 is 0 Å². The van der Waals surface area contributed by atoms with Crippen molar-refractivity contribution >= 4 is 11.4 Å². The number of hydrogen-bond donors (Lipinski definition) is 0. The van der Waals surface area contributed by atoms with Crippen molar-refractivity contribution in [1.29, 1.82) is 0 Å². The van der Waals surface area contributed by atoms with Crippen LogP contribution in [0.15, 0.2) is 24.3 Å². The molecule has 0 radical (unpaired) electrons. The van der Waals surface area contributed by atoms with Crippen LogP contribution in [-0.2, 0) is 0 Å². The largest absolute Gasteiger partial charge is 0.359 e. The molecule has 0 aliphatic heterocycles. The number of nitro groups is 2. The zero-order chi connectivity index (χ0) is 17.3. The normalized spacial score (nSPS) is 10.6. The molecule has 0 aliphatic carbocycles. The van der Waals surface area contributed by atoms with Crippen molar-refractivity contribution in [3.8, 4) is 0 Å². The summed E-state index contributed by atoms with van der Waals surface area (Å²) in [5, 5.41) is 22.2. The third-order valence-corrected chi connectivity index (χ3v) is 7.04. The Hall–Kier alpha value is -2.03. The van der Waals surface area contributed by atoms with Gasteiger partial charge in [-0.05, 0) is 39.8 Å². The van der Waals surface area contributed by atoms with E-state index in [-0.39, 0.29) is 21.2 Å². The highest BCUT2D eigenvalue weighted by atomic mass is 127. The van der Waals surface area contributed by atoms with Gasteiger partial charge in [-0.3, -0.25) is 20.2 Å². The van der Waals surface area contributed by atoms with Gasteiger partial charge in [0.15, 0.2) is 0 Å². The van der Waals surface area contributed by atoms with Gasteiger partial charge in [-0.25, -0.2) is 0 Å². The van der Waals surface area contributed by atoms with Gasteiger partial charge in [-0.1, -0.05) is 0 Å². The van der Waals surface area contributed by atoms with E-state index in [9.17, 15) is 20.2 Å². The number of aryl methyl sites for hydroxylation is 4. The predicted octanol–water partition coefficient (Wildman–Crippen LogP) is 0.865. The maximum Gasteiger partial charge on any atom is 0.359 e. The third kappa shape index (κ3) is 3.66. The molecule has 0 aromatic heterocycles. The van der Waals surface area contributed by atoms with Crippen LogP contribution in [0.4, 0.5) is 11.4 Å². The highest BCUT2D eigenvalue weighted by Crippen LogP contribution is 2.20. The van der Waals surface area contributed by atoms with Crippen LogP contribution in [0, 0.1) is 55.1 Å². The Morgan fingerprint density at radius 1 is 0.696 bits per heavy atom. The Kier molecular flexibility index (Phi) is 4.98. The number of benzene rings is 2. The molecule has 0 bridgehead atoms. The molecular formula is C16H16IN2O4+. The average molecular weight is 427 g/mol. The molecule has 120 valence electrons. The molecule has 0 aliphatic rings. The van der Waals surface area contributed by atoms with Crippen molar-refractivity contribution < 1.29 is 31.1 Å². The zero-order valence-electron chi connectivity index (χ0n) is 13.2. The maximum atomic E-state index is 11.1. The number of hydrogen-bond acceptors (Lipinski definition) is 4. The lowest BCUT2D eigenvalue weighted by Crippen LogP contribution is -3.62. The summed E-state index contributed by atoms with van der Waals surface area (Å²) in [7, 11) is 0. The van der Waals surface area contributed by atoms with Crippen LogP contribution in [-0.4, -0.2) is 9.85 Å². The first-order valence-corrected chi connectivity index (χ1v) is 9.02. The lowest BCUT2D eigenvalue weighted by Gasteiger charge is -2.01. The minimum atomic E-state index is -0.734. The second-order valence-corrected chi connectivity index (χ2v) is 8.25. The van der Waals surface area contributed by atoms with Crippen molar-refractivity contribution in [1.82, 2.24) is 0 Å². The molecule has 7 heteroatoms. The van der Waals surface area contributed by atoms with Crippen molar-refractivity contribution in [2.24, 2.45) is 0 Å². The van der Waals surface area contributed by atoms with E-state index in [1.165, 1.54) is 0 Å². The van der Waals surface area contributed by atoms with Gasteiger partial charge in [-0.15, -0.1) is 0 Å². The smallest absolute Gasteiger partial charge is 0.258 e. The summed E-state index contributed by atoms with van der Waals surface area (Å²) in [6.45, 7) is 7.28. The highest BCUT2D eigenvalue weighted by molar-refractivity contribution is 5.42. The van der Waals surface area contributed by atoms with E-state index < -0.39 is 21.2 Å². The monoisotopic (exact) mass is 427 g/mol. The summed E-state index contributed by atoms with van der Waals surface area (Å²) in [6.07, 6.45) is 0. The van der Waals surface area contributed by atoms with Crippen molar-refractivity contribution in [3.63, 3.8) is 0 Å². The van der Waals surface area contributed by atoms with Gasteiger partial charge in [0, 0.05) is 22.3 Å². The van der Waals surface area contributed by atoms with Crippen molar-refractivity contribution in [2.45, 2.75) is 27.7 Å². The lowest BCUT2D eigenvalue weighted by molar-refractivity contribution is -0.599. The Labute approximate surface area is 144 Å². The fraction of sp³-hybridized carbons (Fsp3) is 0.250. The van der Waals surface area contributed by atoms with Crippen molar-refractivity contribution in [3.05, 3.63) is 73.9 Å². The van der Waals surface area contributed by atoms with E-state index in [0.717, 1.165) is 18.3 Å². The van der Waals surface area contributed by atoms with Crippen LogP contribution < -0.4 is 21.2 Å². The van der Waals surface area contributed by atoms with Gasteiger partial charge in [0.05, 0.1) is 22.0 Å². The highest BCUT2D eigenvalue weighted by Gasteiger charge is 2.28. The molecule has 2 aromatic carbocycles. The van der Waals surface area contributed by atoms with Gasteiger partial charge >= 0.3 is 21.2 Å². The quantitative estimate of drug-likeness (QED) is 0.412. The standard InChI is InChI=1S/C16H16IN2O4/c1-9-5-11(3)15(18(20)21)7-13(9)17-14-8-16(19(22)23)12(4)6-10(14)2/h5-8H,1-4H3/q+1. The van der Waals surface area contributed by atoms with Crippen LogP contribution in [0.25, 0.3) is 0 Å². The van der Waals surface area contributed by atoms with E-state index in [1.807, 2.05) is 26.0 Å². The number of halogens is 1. The third-order valence-electron chi connectivity index (χ3n) is 3.55. The molecule has 0 unspecified atom stereocenters. The Balaban J connectivity index is 2.51. The van der Waals surface area contributed by atoms with Gasteiger partial charge in [-0.2, -0.15) is 0 Å². The minimum absolute atomic E-state index is 0.101. The molecule has 2 rings (SSSR count). The van der Waals surface area contributed by atoms with E-state index >= 15 is 0 Å². The SMILES string of the molecule is Cc1cc(C)c([N+](=O)[O-])cc1[I+]c1cc([N+](=O)[O-])c(C)cc1C. The molecule has 23 heavy (non-hydrogen) atoms. The molecule has 0 heterocycles. The maximum absolute atomic E-state index is 11.1. The Morgan fingerprint density at radius 2 is 1.04 bits per heavy atom. The molecule has 0 fully saturated rings. The molecule has 0 N–H and O–H groups in total. The average Bonchev–Trinajstić information content (AvgIpc) is 2.43. The van der Waals surface area contributed by atoms with E-state index in [4.69, 9.17) is 0 Å². The number of nitrogens with zero attached hydrogens (tertiary/aromatic N) is 2. The van der Waals surface area contributed by atoms with E-state index in [2.05, 4.69) is 0 Å². The molecular weight excluding hydrogens is 411 g/mol. The molecule has 6 nitrogen and oxygen atoms in total. The molecule has 0 saturated carbocycles. The fourth-order valence-electron chi connectivity index (χ4n) is 2.34. The lowest BCUT2D eigenvalue weighted by atomic mass is 10.1. The van der Waals surface area contributed by atoms with Crippen molar-refractivity contribution in [2.75, 3.05) is 0 Å². The summed E-state index contributed by atoms with van der Waals surface area (Å²) < 4.78 is 1.84. The van der Waals surface area contributed by atoms with Crippen LogP contribution in [0.1, 0.15) is 22.3 Å². The topological polar surface area (TPSA) is 86.3 Å². The van der Waals surface area contributed by atoms with Crippen LogP contribution in [0.5, 0.6) is 0 Å². The summed E-state index contributed by atoms with van der Waals surface area (Å²) in [4.78, 5) is 21.5. The summed E-state index contributed by atoms with van der Waals surface area (Å²) in [6, 6.07) is 6.85. The minimum Gasteiger partial charge on any atom is -0.258 e. The number of nitro benzene ring substituents is 2. The number of rotatable bonds is 4. The molecule has 0 amide bonds. The summed E-state index contributed by atoms with van der Waals surface area (Å²) >= 11 is -0.734. The Bertz CT molecular complexity index is 751. The second-order valence-electron chi connectivity index (χ2n) is 5.38. The first-order valence-electron chi connectivity index (χ1n) is 6.86. The second kappa shape index (κ2) is 6.61. The van der Waals surface area contributed by atoms with Gasteiger partial charge in [0.25, 0.3) is 11.4 Å². The van der Waals surface area contributed by atoms with E-state index in [1.54, 1.807) is 26.0 Å². The molecule has 2 aromatic rings. The molecule has 0 spiro atoms. The first kappa shape index (κ1) is 17.3.